The molecule has 24 heteroatoms. The third-order valence-corrected chi connectivity index (χ3v) is 9.41. The van der Waals surface area contributed by atoms with Crippen LogP contribution < -0.4 is 52.8 Å². The number of nitrogens with one attached hydrogen (secondary N) is 6. The van der Waals surface area contributed by atoms with E-state index in [4.69, 9.17) is 11.5 Å². The molecule has 0 saturated carbocycles. The van der Waals surface area contributed by atoms with Gasteiger partial charge < -0.3 is 52.8 Å². The number of primary amides is 2. The topological polar surface area (TPSA) is 279 Å². The lowest BCUT2D eigenvalue weighted by atomic mass is 9.81. The van der Waals surface area contributed by atoms with Crippen molar-refractivity contribution in [3.05, 3.63) is 46.5 Å². The molecule has 10 N–H and O–H groups in total. The molecule has 1 aliphatic carbocycles. The van der Waals surface area contributed by atoms with Crippen molar-refractivity contribution in [1.29, 1.82) is 0 Å². The first-order chi connectivity index (χ1) is 29.6. The Kier molecular flexibility index (Phi) is 17.8. The standard InChI is InChI=1S/C40H50F6N8O10/c1-17(2)15-23(33(47)57)53-35(59)19(5)49-11-13-51-21-7-8-22(52-14-12-50-20(6)36(60)54-24(34(48)58)16-18(3)4)28-27(21)31(55)29-25(63-37(61)39(41,42)43)9-10-26(30(29)32(28)56)64-38(62)40(44,45)46/h7-10,17-20,23-24,49-52H,11-16H2,1-6H3,(H2,47,57)(H2,48,58)(H,53,59)(H,54,60)/t19-,20-,23-,24-/m0/s1. The van der Waals surface area contributed by atoms with Crippen molar-refractivity contribution in [1.82, 2.24) is 21.3 Å². The van der Waals surface area contributed by atoms with Crippen molar-refractivity contribution in [3.63, 3.8) is 0 Å². The highest BCUT2D eigenvalue weighted by atomic mass is 19.4. The molecule has 2 aromatic carbocycles. The number of ether oxygens (including phenoxy) is 2. The van der Waals surface area contributed by atoms with Gasteiger partial charge >= 0.3 is 24.3 Å². The monoisotopic (exact) mass is 916 g/mol. The number of amides is 4. The number of carbonyl (C=O) groups excluding carboxylic acids is 8. The van der Waals surface area contributed by atoms with Crippen LogP contribution in [0.4, 0.5) is 37.7 Å². The van der Waals surface area contributed by atoms with Crippen LogP contribution in [0.3, 0.4) is 0 Å². The SMILES string of the molecule is CC(C)C[C@H](NC(=O)[C@H](C)NCCNc1ccc(NCCN[C@@H](C)C(=O)N[C@@H](CC(C)C)C(N)=O)c2c1C(=O)c1c(OC(=O)C(F)(F)F)ccc(OC(=O)C(F)(F)F)c1C2=O)C(N)=O. The van der Waals surface area contributed by atoms with Gasteiger partial charge in [0, 0.05) is 37.6 Å². The van der Waals surface area contributed by atoms with Gasteiger partial charge in [0.1, 0.15) is 23.6 Å². The number of benzene rings is 2. The molecule has 18 nitrogen and oxygen atoms in total. The fourth-order valence-electron chi connectivity index (χ4n) is 6.31. The average Bonchev–Trinajstić information content (AvgIpc) is 3.18. The molecule has 0 aromatic heterocycles. The number of carbonyl (C=O) groups is 8. The highest BCUT2D eigenvalue weighted by Gasteiger charge is 2.46. The summed E-state index contributed by atoms with van der Waals surface area (Å²) >= 11 is 0. The molecule has 0 heterocycles. The van der Waals surface area contributed by atoms with Gasteiger partial charge in [0.15, 0.2) is 0 Å². The van der Waals surface area contributed by atoms with Crippen LogP contribution in [-0.4, -0.2) is 110 Å². The van der Waals surface area contributed by atoms with Crippen molar-refractivity contribution in [3.8, 4) is 11.5 Å². The molecule has 0 spiro atoms. The molecule has 0 radical (unpaired) electrons. The summed E-state index contributed by atoms with van der Waals surface area (Å²) in [7, 11) is 0. The summed E-state index contributed by atoms with van der Waals surface area (Å²) in [5, 5.41) is 16.6. The number of hydrogen-bond donors (Lipinski definition) is 8. The van der Waals surface area contributed by atoms with Crippen LogP contribution in [0.25, 0.3) is 0 Å². The van der Waals surface area contributed by atoms with Crippen LogP contribution in [0.5, 0.6) is 11.5 Å². The van der Waals surface area contributed by atoms with Gasteiger partial charge in [-0.25, -0.2) is 9.59 Å². The molecule has 0 saturated heterocycles. The molecule has 2 aromatic rings. The van der Waals surface area contributed by atoms with Gasteiger partial charge in [0.25, 0.3) is 0 Å². The maximum absolute atomic E-state index is 14.4. The number of esters is 2. The minimum Gasteiger partial charge on any atom is -0.419 e. The van der Waals surface area contributed by atoms with Crippen LogP contribution >= 0.6 is 0 Å². The Hall–Kier alpha value is -6.30. The third kappa shape index (κ3) is 13.8. The van der Waals surface area contributed by atoms with Crippen LogP contribution in [0, 0.1) is 11.8 Å². The van der Waals surface area contributed by atoms with Crippen molar-refractivity contribution >= 4 is 58.5 Å². The van der Waals surface area contributed by atoms with Crippen molar-refractivity contribution in [2.45, 2.75) is 90.9 Å². The zero-order valence-electron chi connectivity index (χ0n) is 35.5. The number of rotatable bonds is 22. The van der Waals surface area contributed by atoms with E-state index in [1.807, 2.05) is 27.7 Å². The summed E-state index contributed by atoms with van der Waals surface area (Å²) in [6, 6.07) is -0.264. The second-order valence-corrected chi connectivity index (χ2v) is 15.5. The summed E-state index contributed by atoms with van der Waals surface area (Å²) in [6.07, 6.45) is -10.7. The quantitative estimate of drug-likeness (QED) is 0.0311. The van der Waals surface area contributed by atoms with Crippen LogP contribution in [-0.2, 0) is 28.8 Å². The van der Waals surface area contributed by atoms with Gasteiger partial charge in [-0.3, -0.25) is 28.8 Å². The average molecular weight is 917 g/mol. The van der Waals surface area contributed by atoms with E-state index in [-0.39, 0.29) is 62.2 Å². The zero-order valence-corrected chi connectivity index (χ0v) is 35.5. The molecular weight excluding hydrogens is 866 g/mol. The van der Waals surface area contributed by atoms with E-state index in [1.165, 1.54) is 26.0 Å². The van der Waals surface area contributed by atoms with E-state index in [0.717, 1.165) is 0 Å². The van der Waals surface area contributed by atoms with E-state index in [0.29, 0.717) is 12.1 Å². The number of halogens is 6. The van der Waals surface area contributed by atoms with Gasteiger partial charge in [-0.05, 0) is 62.8 Å². The summed E-state index contributed by atoms with van der Waals surface area (Å²) in [5.74, 6) is -13.4. The minimum atomic E-state index is -5.64. The van der Waals surface area contributed by atoms with Gasteiger partial charge in [0.2, 0.25) is 35.2 Å². The summed E-state index contributed by atoms with van der Waals surface area (Å²) in [5.41, 5.74) is 7.13. The Morgan fingerprint density at radius 1 is 0.547 bits per heavy atom. The van der Waals surface area contributed by atoms with Gasteiger partial charge in [-0.15, -0.1) is 0 Å². The molecule has 4 amide bonds. The fourth-order valence-corrected chi connectivity index (χ4v) is 6.31. The van der Waals surface area contributed by atoms with E-state index in [9.17, 15) is 64.7 Å². The molecule has 64 heavy (non-hydrogen) atoms. The number of nitrogens with two attached hydrogens (primary N) is 2. The van der Waals surface area contributed by atoms with E-state index in [2.05, 4.69) is 41.4 Å². The van der Waals surface area contributed by atoms with E-state index >= 15 is 0 Å². The lowest BCUT2D eigenvalue weighted by Crippen LogP contribution is -2.51. The van der Waals surface area contributed by atoms with Crippen molar-refractivity contribution in [2.75, 3.05) is 36.8 Å². The Balaban J connectivity index is 2.02. The first kappa shape index (κ1) is 52.0. The Labute approximate surface area is 362 Å². The first-order valence-corrected chi connectivity index (χ1v) is 19.8. The fraction of sp³-hybridized carbons (Fsp3) is 0.500. The summed E-state index contributed by atoms with van der Waals surface area (Å²) in [4.78, 5) is 102. The highest BCUT2D eigenvalue weighted by molar-refractivity contribution is 6.33. The molecule has 352 valence electrons. The van der Waals surface area contributed by atoms with Crippen molar-refractivity contribution < 1.29 is 74.2 Å². The second kappa shape index (κ2) is 21.9. The molecule has 3 rings (SSSR count). The number of fused-ring (bicyclic) bond motifs is 2. The number of alkyl halides is 6. The number of anilines is 2. The lowest BCUT2D eigenvalue weighted by Gasteiger charge is -2.26. The molecule has 0 fully saturated rings. The van der Waals surface area contributed by atoms with E-state index in [1.54, 1.807) is 0 Å². The molecule has 0 unspecified atom stereocenters. The lowest BCUT2D eigenvalue weighted by molar-refractivity contribution is -0.190. The maximum Gasteiger partial charge on any atom is 0.491 e. The summed E-state index contributed by atoms with van der Waals surface area (Å²) in [6.45, 7) is 9.95. The maximum atomic E-state index is 14.4. The van der Waals surface area contributed by atoms with Crippen LogP contribution in [0.15, 0.2) is 24.3 Å². The van der Waals surface area contributed by atoms with E-state index < -0.39 is 117 Å². The minimum absolute atomic E-state index is 0.0190. The molecule has 1 aliphatic rings. The second-order valence-electron chi connectivity index (χ2n) is 15.5. The highest BCUT2D eigenvalue weighted by Crippen LogP contribution is 2.44. The molecule has 4 atom stereocenters. The molecular formula is C40H50F6N8O10. The molecule has 0 aliphatic heterocycles. The molecule has 0 bridgehead atoms. The predicted octanol–water partition coefficient (Wildman–Crippen LogP) is 2.21. The van der Waals surface area contributed by atoms with Gasteiger partial charge in [-0.1, -0.05) is 27.7 Å². The zero-order chi connectivity index (χ0) is 48.4. The normalized spacial score (nSPS) is 14.4. The number of hydrogen-bond acceptors (Lipinski definition) is 14. The Morgan fingerprint density at radius 2 is 0.875 bits per heavy atom. The predicted molar refractivity (Wildman–Crippen MR) is 216 cm³/mol. The smallest absolute Gasteiger partial charge is 0.419 e. The first-order valence-electron chi connectivity index (χ1n) is 19.8. The Bertz CT molecular complexity index is 1980. The summed E-state index contributed by atoms with van der Waals surface area (Å²) < 4.78 is 88.9. The largest absolute Gasteiger partial charge is 0.491 e. The Morgan fingerprint density at radius 3 is 1.16 bits per heavy atom. The third-order valence-electron chi connectivity index (χ3n) is 9.41. The van der Waals surface area contributed by atoms with Gasteiger partial charge in [-0.2, -0.15) is 26.3 Å². The van der Waals surface area contributed by atoms with Crippen LogP contribution in [0.1, 0.15) is 86.2 Å². The van der Waals surface area contributed by atoms with Crippen LogP contribution in [0.2, 0.25) is 0 Å². The number of ketones is 2. The van der Waals surface area contributed by atoms with Gasteiger partial charge in [0.05, 0.1) is 34.3 Å². The van der Waals surface area contributed by atoms with Crippen molar-refractivity contribution in [2.24, 2.45) is 23.3 Å².